The molecule has 1 heterocycles. The van der Waals surface area contributed by atoms with E-state index >= 15 is 0 Å². The number of carbonyl (C=O) groups is 1. The summed E-state index contributed by atoms with van der Waals surface area (Å²) in [6.45, 7) is 5.63. The van der Waals surface area contributed by atoms with Gasteiger partial charge in [0.25, 0.3) is 0 Å². The van der Waals surface area contributed by atoms with Crippen molar-refractivity contribution >= 4 is 23.2 Å². The lowest BCUT2D eigenvalue weighted by atomic mass is 9.85. The zero-order valence-electron chi connectivity index (χ0n) is 17.1. The Hall–Kier alpha value is -2.63. The molecule has 2 aromatic rings. The number of methoxy groups -OCH3 is 1. The quantitative estimate of drug-likeness (QED) is 0.826. The van der Waals surface area contributed by atoms with Gasteiger partial charge >= 0.3 is 6.09 Å². The summed E-state index contributed by atoms with van der Waals surface area (Å²) in [6, 6.07) is 6.17. The summed E-state index contributed by atoms with van der Waals surface area (Å²) >= 11 is 0. The number of alkyl carbamates (subject to hydrolysis) is 1. The predicted molar refractivity (Wildman–Crippen MR) is 110 cm³/mol. The molecular weight excluding hydrogens is 354 g/mol. The van der Waals surface area contributed by atoms with E-state index in [0.29, 0.717) is 11.8 Å². The van der Waals surface area contributed by atoms with Crippen molar-refractivity contribution in [1.29, 1.82) is 0 Å². The van der Waals surface area contributed by atoms with Crippen LogP contribution in [0.5, 0.6) is 5.88 Å². The lowest BCUT2D eigenvalue weighted by Crippen LogP contribution is -2.40. The molecule has 0 aliphatic heterocycles. The molecule has 0 bridgehead atoms. The second-order valence-electron chi connectivity index (χ2n) is 8.24. The minimum atomic E-state index is -0.464. The van der Waals surface area contributed by atoms with Gasteiger partial charge in [0.05, 0.1) is 24.3 Å². The second kappa shape index (κ2) is 8.59. The first kappa shape index (κ1) is 20.1. The molecule has 150 valence electrons. The maximum atomic E-state index is 11.9. The number of benzene rings is 1. The van der Waals surface area contributed by atoms with Crippen LogP contribution in [0.1, 0.15) is 52.0 Å². The normalized spacial score (nSPS) is 20.3. The molecule has 1 aromatic heterocycles. The average molecular weight is 383 g/mol. The van der Waals surface area contributed by atoms with E-state index in [2.05, 4.69) is 27.4 Å². The molecule has 1 N–H and O–H groups in total. The Morgan fingerprint density at radius 3 is 2.64 bits per heavy atom. The molecule has 0 radical (unpaired) electrons. The molecule has 0 atom stereocenters. The van der Waals surface area contributed by atoms with Gasteiger partial charge in [-0.25, -0.2) is 14.8 Å². The average Bonchev–Trinajstić information content (AvgIpc) is 2.65. The van der Waals surface area contributed by atoms with Crippen LogP contribution in [-0.2, 0) is 4.74 Å². The smallest absolute Gasteiger partial charge is 0.407 e. The summed E-state index contributed by atoms with van der Waals surface area (Å²) in [7, 11) is 1.60. The topological polar surface area (TPSA) is 73.3 Å². The molecule has 1 fully saturated rings. The first-order chi connectivity index (χ1) is 13.3. The SMILES string of the molecule is COc1cnc2cccc(/C=C/C3CCC(NC(=O)OC(C)(C)C)CC3)c2n1. The van der Waals surface area contributed by atoms with Gasteiger partial charge < -0.3 is 14.8 Å². The molecule has 0 saturated heterocycles. The number of allylic oxidation sites excluding steroid dienone is 1. The summed E-state index contributed by atoms with van der Waals surface area (Å²) in [4.78, 5) is 20.9. The Bertz CT molecular complexity index is 850. The largest absolute Gasteiger partial charge is 0.480 e. The Morgan fingerprint density at radius 2 is 1.96 bits per heavy atom. The minimum Gasteiger partial charge on any atom is -0.480 e. The van der Waals surface area contributed by atoms with Crippen LogP contribution in [0.25, 0.3) is 17.1 Å². The van der Waals surface area contributed by atoms with Gasteiger partial charge in [0.2, 0.25) is 5.88 Å². The molecule has 1 amide bonds. The molecule has 3 rings (SSSR count). The Kier molecular flexibility index (Phi) is 6.17. The summed E-state index contributed by atoms with van der Waals surface area (Å²) in [5.41, 5.74) is 2.28. The molecule has 1 saturated carbocycles. The molecule has 1 aliphatic carbocycles. The second-order valence-corrected chi connectivity index (χ2v) is 8.24. The minimum absolute atomic E-state index is 0.187. The van der Waals surface area contributed by atoms with E-state index in [1.165, 1.54) is 0 Å². The third-order valence-electron chi connectivity index (χ3n) is 4.83. The van der Waals surface area contributed by atoms with Crippen molar-refractivity contribution in [2.45, 2.75) is 58.1 Å². The van der Waals surface area contributed by atoms with E-state index in [0.717, 1.165) is 42.3 Å². The first-order valence-electron chi connectivity index (χ1n) is 9.81. The maximum Gasteiger partial charge on any atom is 0.407 e. The highest BCUT2D eigenvalue weighted by molar-refractivity contribution is 5.84. The van der Waals surface area contributed by atoms with Crippen molar-refractivity contribution in [2.24, 2.45) is 5.92 Å². The van der Waals surface area contributed by atoms with E-state index in [4.69, 9.17) is 9.47 Å². The van der Waals surface area contributed by atoms with E-state index < -0.39 is 5.60 Å². The lowest BCUT2D eigenvalue weighted by Gasteiger charge is -2.28. The van der Waals surface area contributed by atoms with E-state index in [1.54, 1.807) is 13.3 Å². The summed E-state index contributed by atoms with van der Waals surface area (Å²) < 4.78 is 10.5. The highest BCUT2D eigenvalue weighted by Gasteiger charge is 2.23. The fourth-order valence-corrected chi connectivity index (χ4v) is 3.44. The van der Waals surface area contributed by atoms with Gasteiger partial charge in [-0.2, -0.15) is 0 Å². The number of para-hydroxylation sites is 1. The lowest BCUT2D eigenvalue weighted by molar-refractivity contribution is 0.0490. The van der Waals surface area contributed by atoms with Gasteiger partial charge in [-0.05, 0) is 58.4 Å². The number of nitrogens with one attached hydrogen (secondary N) is 1. The predicted octanol–water partition coefficient (Wildman–Crippen LogP) is 4.74. The highest BCUT2D eigenvalue weighted by Crippen LogP contribution is 2.27. The number of nitrogens with zero attached hydrogens (tertiary/aromatic N) is 2. The van der Waals surface area contributed by atoms with Crippen LogP contribution in [0.3, 0.4) is 0 Å². The van der Waals surface area contributed by atoms with Gasteiger partial charge in [0.1, 0.15) is 5.60 Å². The van der Waals surface area contributed by atoms with Crippen LogP contribution < -0.4 is 10.1 Å². The summed E-state index contributed by atoms with van der Waals surface area (Å²) in [5.74, 6) is 1.01. The number of carbonyl (C=O) groups excluding carboxylic acids is 1. The number of hydrogen-bond acceptors (Lipinski definition) is 5. The molecule has 28 heavy (non-hydrogen) atoms. The monoisotopic (exact) mass is 383 g/mol. The van der Waals surface area contributed by atoms with Crippen LogP contribution in [0.4, 0.5) is 4.79 Å². The molecule has 0 unspecified atom stereocenters. The fourth-order valence-electron chi connectivity index (χ4n) is 3.44. The van der Waals surface area contributed by atoms with E-state index in [9.17, 15) is 4.79 Å². The summed E-state index contributed by atoms with van der Waals surface area (Å²) in [6.07, 6.45) is 9.68. The van der Waals surface area contributed by atoms with Gasteiger partial charge in [-0.3, -0.25) is 0 Å². The third kappa shape index (κ3) is 5.44. The van der Waals surface area contributed by atoms with Crippen molar-refractivity contribution < 1.29 is 14.3 Å². The molecule has 6 heteroatoms. The zero-order valence-corrected chi connectivity index (χ0v) is 17.1. The molecule has 6 nitrogen and oxygen atoms in total. The van der Waals surface area contributed by atoms with Gasteiger partial charge in [0, 0.05) is 11.6 Å². The van der Waals surface area contributed by atoms with Gasteiger partial charge in [-0.1, -0.05) is 24.3 Å². The van der Waals surface area contributed by atoms with Crippen LogP contribution in [0.15, 0.2) is 30.5 Å². The van der Waals surface area contributed by atoms with Gasteiger partial charge in [0.15, 0.2) is 0 Å². The van der Waals surface area contributed by atoms with E-state index in [1.807, 2.05) is 39.0 Å². The van der Waals surface area contributed by atoms with Crippen LogP contribution >= 0.6 is 0 Å². The first-order valence-corrected chi connectivity index (χ1v) is 9.81. The Morgan fingerprint density at radius 1 is 1.21 bits per heavy atom. The molecule has 1 aliphatic rings. The van der Waals surface area contributed by atoms with Crippen LogP contribution in [0.2, 0.25) is 0 Å². The standard InChI is InChI=1S/C22H29N3O3/c1-22(2,3)28-21(26)24-17-12-9-15(10-13-17)8-11-16-6-5-7-18-20(16)25-19(27-4)14-23-18/h5-8,11,14-15,17H,9-10,12-13H2,1-4H3,(H,24,26)/b11-8+. The number of aromatic nitrogens is 2. The van der Waals surface area contributed by atoms with Gasteiger partial charge in [-0.15, -0.1) is 0 Å². The zero-order chi connectivity index (χ0) is 20.1. The van der Waals surface area contributed by atoms with Crippen LogP contribution in [-0.4, -0.2) is 34.8 Å². The number of hydrogen-bond donors (Lipinski definition) is 1. The Balaban J connectivity index is 1.58. The van der Waals surface area contributed by atoms with Crippen molar-refractivity contribution in [1.82, 2.24) is 15.3 Å². The fraction of sp³-hybridized carbons (Fsp3) is 0.500. The molecule has 1 aromatic carbocycles. The molecular formula is C22H29N3O3. The number of rotatable bonds is 4. The van der Waals surface area contributed by atoms with Crippen LogP contribution in [0, 0.1) is 5.92 Å². The maximum absolute atomic E-state index is 11.9. The van der Waals surface area contributed by atoms with Crippen molar-refractivity contribution in [3.05, 3.63) is 36.0 Å². The highest BCUT2D eigenvalue weighted by atomic mass is 16.6. The molecule has 0 spiro atoms. The Labute approximate surface area is 166 Å². The number of fused-ring (bicyclic) bond motifs is 1. The van der Waals surface area contributed by atoms with Crippen molar-refractivity contribution in [2.75, 3.05) is 7.11 Å². The van der Waals surface area contributed by atoms with E-state index in [-0.39, 0.29) is 12.1 Å². The third-order valence-corrected chi connectivity index (χ3v) is 4.83. The van der Waals surface area contributed by atoms with Crippen molar-refractivity contribution in [3.63, 3.8) is 0 Å². The number of ether oxygens (including phenoxy) is 2. The summed E-state index contributed by atoms with van der Waals surface area (Å²) in [5, 5.41) is 2.99. The number of amides is 1. The van der Waals surface area contributed by atoms with Crippen molar-refractivity contribution in [3.8, 4) is 5.88 Å².